The zero-order chi connectivity index (χ0) is 30.2. The summed E-state index contributed by atoms with van der Waals surface area (Å²) in [4.78, 5) is 0. The Morgan fingerprint density at radius 1 is 0.565 bits per heavy atom. The maximum absolute atomic E-state index is 2.73. The van der Waals surface area contributed by atoms with Gasteiger partial charge in [0.2, 0.25) is 0 Å². The van der Waals surface area contributed by atoms with Gasteiger partial charge in [0.15, 0.2) is 0 Å². The fraction of sp³-hybridized carbons (Fsp3) is 0.435. The van der Waals surface area contributed by atoms with Gasteiger partial charge in [0.1, 0.15) is 0 Å². The molecule has 0 heterocycles. The fourth-order valence-electron chi connectivity index (χ4n) is 11.3. The van der Waals surface area contributed by atoms with Crippen molar-refractivity contribution in [3.8, 4) is 0 Å². The molecule has 0 fully saturated rings. The lowest BCUT2D eigenvalue weighted by Gasteiger charge is -2.43. The van der Waals surface area contributed by atoms with Gasteiger partial charge in [-0.25, -0.2) is 0 Å². The van der Waals surface area contributed by atoms with Crippen LogP contribution in [0.5, 0.6) is 0 Å². The summed E-state index contributed by atoms with van der Waals surface area (Å²) < 4.78 is 0. The average molecular weight is 601 g/mol. The van der Waals surface area contributed by atoms with Crippen LogP contribution in [-0.2, 0) is 0 Å². The Kier molecular flexibility index (Phi) is 6.69. The van der Waals surface area contributed by atoms with E-state index in [1.54, 1.807) is 27.9 Å². The molecule has 0 aliphatic heterocycles. The van der Waals surface area contributed by atoms with Crippen LogP contribution in [-0.4, -0.2) is 0 Å². The standard InChI is InChI=1S/C46H48/c1-3-7-41-30(5-1)11-13-32-15-19-38-25-36(21-23-43(38)45(32)41)34-17-9-29-10-18-35(28-40(29)27-34)37-22-24-44-39(26-37)20-16-33-14-12-31-6-2-4-8-42(31)46(33)44/h1-2,5-6,9,11-17,19,21-24,26,28-31,34-36,38-39,41-43H,3-4,7-8,10,18,20,25,27H2. The minimum atomic E-state index is 0.561. The quantitative estimate of drug-likeness (QED) is 0.277. The van der Waals surface area contributed by atoms with Gasteiger partial charge in [-0.3, -0.25) is 0 Å². The first-order valence-corrected chi connectivity index (χ1v) is 18.8. The zero-order valence-electron chi connectivity index (χ0n) is 27.2. The van der Waals surface area contributed by atoms with Crippen LogP contribution in [0, 0.1) is 65.1 Å². The minimum Gasteiger partial charge on any atom is -0.0879 e. The van der Waals surface area contributed by atoms with Crippen LogP contribution >= 0.6 is 0 Å². The topological polar surface area (TPSA) is 0 Å². The molecule has 232 valence electrons. The number of allylic oxidation sites excluding steroid dienone is 26. The van der Waals surface area contributed by atoms with Crippen LogP contribution in [0.1, 0.15) is 57.8 Å². The van der Waals surface area contributed by atoms with E-state index in [2.05, 4.69) is 115 Å². The lowest BCUT2D eigenvalue weighted by atomic mass is 9.61. The maximum atomic E-state index is 2.73. The summed E-state index contributed by atoms with van der Waals surface area (Å²) in [5, 5.41) is 0. The van der Waals surface area contributed by atoms with E-state index >= 15 is 0 Å². The van der Waals surface area contributed by atoms with E-state index in [0.717, 1.165) is 6.42 Å². The van der Waals surface area contributed by atoms with E-state index in [4.69, 9.17) is 0 Å². The molecule has 0 radical (unpaired) electrons. The normalized spacial score (nSPS) is 42.6. The maximum Gasteiger partial charge on any atom is 0.00619 e. The third-order valence-corrected chi connectivity index (χ3v) is 13.7. The molecule has 0 saturated carbocycles. The molecule has 0 aromatic rings. The smallest absolute Gasteiger partial charge is 0.00619 e. The third-order valence-electron chi connectivity index (χ3n) is 13.7. The molecule has 0 N–H and O–H groups in total. The number of rotatable bonds is 2. The molecule has 46 heavy (non-hydrogen) atoms. The summed E-state index contributed by atoms with van der Waals surface area (Å²) in [5.41, 5.74) is 11.4. The second-order valence-corrected chi connectivity index (χ2v) is 16.0. The Hall–Kier alpha value is -3.38. The lowest BCUT2D eigenvalue weighted by molar-refractivity contribution is 0.301. The van der Waals surface area contributed by atoms with Crippen molar-refractivity contribution in [2.45, 2.75) is 57.8 Å². The first-order chi connectivity index (χ1) is 22.8. The zero-order valence-corrected chi connectivity index (χ0v) is 27.2. The molecular formula is C46H48. The van der Waals surface area contributed by atoms with E-state index in [9.17, 15) is 0 Å². The molecule has 10 aliphatic rings. The van der Waals surface area contributed by atoms with Crippen LogP contribution in [0.25, 0.3) is 0 Å². The predicted octanol–water partition coefficient (Wildman–Crippen LogP) is 11.2. The molecule has 0 aromatic heterocycles. The van der Waals surface area contributed by atoms with Gasteiger partial charge in [-0.05, 0) is 121 Å². The molecule has 0 heteroatoms. The summed E-state index contributed by atoms with van der Waals surface area (Å²) in [7, 11) is 0. The molecular weight excluding hydrogens is 553 g/mol. The SMILES string of the molecule is C1=CC2C=CC3=CCC4C=C(C5C=C6CC(C7C=CC8C9=C(C=CC%10C=CCCC9%10)C=CC8C7)C=CC6CC5)C=CC4=C3C2CC1. The van der Waals surface area contributed by atoms with Crippen molar-refractivity contribution in [1.29, 1.82) is 0 Å². The first-order valence-electron chi connectivity index (χ1n) is 18.8. The number of hydrogen-bond donors (Lipinski definition) is 0. The molecule has 10 aliphatic carbocycles. The Morgan fingerprint density at radius 3 is 2.30 bits per heavy atom. The molecule has 0 amide bonds. The Bertz CT molecular complexity index is 1730. The number of fused-ring (bicyclic) bond motifs is 9. The van der Waals surface area contributed by atoms with E-state index in [0.29, 0.717) is 65.1 Å². The second-order valence-electron chi connectivity index (χ2n) is 16.0. The molecule has 11 atom stereocenters. The van der Waals surface area contributed by atoms with Crippen molar-refractivity contribution in [3.05, 3.63) is 154 Å². The Morgan fingerprint density at radius 2 is 1.37 bits per heavy atom. The van der Waals surface area contributed by atoms with Gasteiger partial charge in [0.25, 0.3) is 0 Å². The van der Waals surface area contributed by atoms with Crippen molar-refractivity contribution in [3.63, 3.8) is 0 Å². The van der Waals surface area contributed by atoms with Crippen LogP contribution in [0.4, 0.5) is 0 Å². The van der Waals surface area contributed by atoms with Crippen molar-refractivity contribution in [1.82, 2.24) is 0 Å². The Balaban J connectivity index is 0.868. The van der Waals surface area contributed by atoms with Crippen LogP contribution in [0.3, 0.4) is 0 Å². The largest absolute Gasteiger partial charge is 0.0879 e. The molecule has 0 saturated heterocycles. The molecule has 11 unspecified atom stereocenters. The highest BCUT2D eigenvalue weighted by Gasteiger charge is 2.40. The van der Waals surface area contributed by atoms with E-state index in [1.165, 1.54) is 62.5 Å². The van der Waals surface area contributed by atoms with Gasteiger partial charge in [-0.2, -0.15) is 0 Å². The summed E-state index contributed by atoms with van der Waals surface area (Å²) in [6.45, 7) is 0. The number of hydrogen-bond acceptors (Lipinski definition) is 0. The molecule has 0 bridgehead atoms. The van der Waals surface area contributed by atoms with Crippen LogP contribution in [0.2, 0.25) is 0 Å². The minimum absolute atomic E-state index is 0.561. The highest BCUT2D eigenvalue weighted by atomic mass is 14.4. The highest BCUT2D eigenvalue weighted by Crippen LogP contribution is 2.52. The summed E-state index contributed by atoms with van der Waals surface area (Å²) >= 11 is 0. The molecule has 0 nitrogen and oxygen atoms in total. The van der Waals surface area contributed by atoms with Gasteiger partial charge in [0, 0.05) is 29.6 Å². The van der Waals surface area contributed by atoms with Crippen molar-refractivity contribution in [2.75, 3.05) is 0 Å². The van der Waals surface area contributed by atoms with Crippen molar-refractivity contribution < 1.29 is 0 Å². The van der Waals surface area contributed by atoms with E-state index in [-0.39, 0.29) is 0 Å². The van der Waals surface area contributed by atoms with E-state index in [1.807, 2.05) is 0 Å². The Labute approximate surface area is 276 Å². The first kappa shape index (κ1) is 27.7. The van der Waals surface area contributed by atoms with Crippen LogP contribution in [0.15, 0.2) is 154 Å². The van der Waals surface area contributed by atoms with Gasteiger partial charge in [-0.15, -0.1) is 0 Å². The molecule has 10 rings (SSSR count). The molecule has 0 aromatic carbocycles. The average Bonchev–Trinajstić information content (AvgIpc) is 3.13. The van der Waals surface area contributed by atoms with E-state index < -0.39 is 0 Å². The van der Waals surface area contributed by atoms with Crippen LogP contribution < -0.4 is 0 Å². The fourth-order valence-corrected chi connectivity index (χ4v) is 11.3. The van der Waals surface area contributed by atoms with Gasteiger partial charge < -0.3 is 0 Å². The molecule has 0 spiro atoms. The second kappa shape index (κ2) is 11.1. The summed E-state index contributed by atoms with van der Waals surface area (Å²) in [5.74, 6) is 6.98. The van der Waals surface area contributed by atoms with Gasteiger partial charge in [0.05, 0.1) is 0 Å². The van der Waals surface area contributed by atoms with Gasteiger partial charge >= 0.3 is 0 Å². The monoisotopic (exact) mass is 600 g/mol. The highest BCUT2D eigenvalue weighted by molar-refractivity contribution is 5.58. The van der Waals surface area contributed by atoms with Gasteiger partial charge in [-0.1, -0.05) is 127 Å². The lowest BCUT2D eigenvalue weighted by Crippen LogP contribution is -2.33. The summed E-state index contributed by atoms with van der Waals surface area (Å²) in [6, 6.07) is 0. The summed E-state index contributed by atoms with van der Waals surface area (Å²) in [6.07, 6.45) is 59.5. The van der Waals surface area contributed by atoms with Crippen molar-refractivity contribution >= 4 is 0 Å². The third kappa shape index (κ3) is 4.53. The van der Waals surface area contributed by atoms with Crippen molar-refractivity contribution in [2.24, 2.45) is 65.1 Å². The predicted molar refractivity (Wildman–Crippen MR) is 191 cm³/mol.